The number of carbonyl (C=O) groups excluding carboxylic acids is 1. The first-order valence-corrected chi connectivity index (χ1v) is 4.78. The molecular formula is C9H14FNO2. The molecule has 0 saturated carbocycles. The van der Waals surface area contributed by atoms with Crippen molar-refractivity contribution >= 4 is 5.91 Å². The number of hydrogen-bond acceptors (Lipinski definition) is 2. The lowest BCUT2D eigenvalue weighted by Crippen LogP contribution is -2.53. The zero-order valence-electron chi connectivity index (χ0n) is 7.54. The lowest BCUT2D eigenvalue weighted by atomic mass is 9.97. The van der Waals surface area contributed by atoms with Crippen molar-refractivity contribution in [1.82, 2.24) is 4.90 Å². The van der Waals surface area contributed by atoms with E-state index < -0.39 is 6.17 Å². The fourth-order valence-electron chi connectivity index (χ4n) is 1.81. The Morgan fingerprint density at radius 2 is 1.92 bits per heavy atom. The van der Waals surface area contributed by atoms with Crippen LogP contribution in [-0.4, -0.2) is 43.3 Å². The first kappa shape index (κ1) is 8.94. The van der Waals surface area contributed by atoms with E-state index >= 15 is 0 Å². The van der Waals surface area contributed by atoms with Gasteiger partial charge in [0.15, 0.2) is 0 Å². The first-order valence-electron chi connectivity index (χ1n) is 4.78. The van der Waals surface area contributed by atoms with Crippen molar-refractivity contribution in [3.63, 3.8) is 0 Å². The summed E-state index contributed by atoms with van der Waals surface area (Å²) in [5.74, 6) is 0.207. The normalized spacial score (nSPS) is 25.8. The maximum absolute atomic E-state index is 12.5. The molecule has 0 atom stereocenters. The lowest BCUT2D eigenvalue weighted by Gasteiger charge is -2.37. The summed E-state index contributed by atoms with van der Waals surface area (Å²) >= 11 is 0. The molecule has 0 radical (unpaired) electrons. The number of nitrogens with zero attached hydrogens (tertiary/aromatic N) is 1. The average molecular weight is 187 g/mol. The third-order valence-electron chi connectivity index (χ3n) is 2.72. The summed E-state index contributed by atoms with van der Waals surface area (Å²) in [4.78, 5) is 13.2. The van der Waals surface area contributed by atoms with Crippen LogP contribution < -0.4 is 0 Å². The third-order valence-corrected chi connectivity index (χ3v) is 2.72. The number of carbonyl (C=O) groups is 1. The van der Waals surface area contributed by atoms with Crippen molar-refractivity contribution in [3.05, 3.63) is 0 Å². The minimum absolute atomic E-state index is 0.0845. The fraction of sp³-hybridized carbons (Fsp3) is 0.889. The van der Waals surface area contributed by atoms with E-state index in [1.807, 2.05) is 0 Å². The Balaban J connectivity index is 1.82. The molecule has 0 aliphatic carbocycles. The number of ether oxygens (including phenoxy) is 1. The molecule has 4 heteroatoms. The second-order valence-corrected chi connectivity index (χ2v) is 3.73. The Morgan fingerprint density at radius 3 is 2.46 bits per heavy atom. The Bertz CT molecular complexity index is 198. The highest BCUT2D eigenvalue weighted by molar-refractivity contribution is 5.79. The van der Waals surface area contributed by atoms with Crippen molar-refractivity contribution in [2.24, 2.45) is 5.92 Å². The highest BCUT2D eigenvalue weighted by Crippen LogP contribution is 2.21. The van der Waals surface area contributed by atoms with Crippen LogP contribution in [0.15, 0.2) is 0 Å². The van der Waals surface area contributed by atoms with Crippen LogP contribution in [0.1, 0.15) is 12.8 Å². The van der Waals surface area contributed by atoms with Crippen LogP contribution >= 0.6 is 0 Å². The van der Waals surface area contributed by atoms with Crippen molar-refractivity contribution in [3.8, 4) is 0 Å². The fourth-order valence-corrected chi connectivity index (χ4v) is 1.81. The zero-order chi connectivity index (χ0) is 9.26. The molecule has 2 aliphatic rings. The average Bonchev–Trinajstić information content (AvgIpc) is 2.13. The standard InChI is InChI=1S/C9H14FNO2/c10-8-5-11(6-8)9(12)7-1-3-13-4-2-7/h7-8H,1-6H2. The number of hydrogen-bond donors (Lipinski definition) is 0. The molecule has 0 aromatic rings. The molecule has 74 valence electrons. The molecule has 2 fully saturated rings. The topological polar surface area (TPSA) is 29.5 Å². The van der Waals surface area contributed by atoms with Crippen molar-refractivity contribution in [1.29, 1.82) is 0 Å². The number of rotatable bonds is 1. The van der Waals surface area contributed by atoms with Crippen LogP contribution in [0.4, 0.5) is 4.39 Å². The van der Waals surface area contributed by atoms with E-state index in [0.29, 0.717) is 26.3 Å². The van der Waals surface area contributed by atoms with Crippen molar-refractivity contribution in [2.75, 3.05) is 26.3 Å². The molecule has 3 nitrogen and oxygen atoms in total. The van der Waals surface area contributed by atoms with Gasteiger partial charge in [0.25, 0.3) is 0 Å². The second-order valence-electron chi connectivity index (χ2n) is 3.73. The maximum Gasteiger partial charge on any atom is 0.226 e. The van der Waals surface area contributed by atoms with Crippen LogP contribution in [0.2, 0.25) is 0 Å². The molecule has 2 aliphatic heterocycles. The molecule has 2 rings (SSSR count). The molecule has 0 N–H and O–H groups in total. The van der Waals surface area contributed by atoms with Gasteiger partial charge in [0.2, 0.25) is 5.91 Å². The van der Waals surface area contributed by atoms with Gasteiger partial charge < -0.3 is 9.64 Å². The Labute approximate surface area is 76.8 Å². The van der Waals surface area contributed by atoms with Crippen molar-refractivity contribution in [2.45, 2.75) is 19.0 Å². The summed E-state index contributed by atoms with van der Waals surface area (Å²) < 4.78 is 17.6. The summed E-state index contributed by atoms with van der Waals surface area (Å²) in [6.45, 7) is 1.94. The van der Waals surface area contributed by atoms with Crippen LogP contribution in [0.5, 0.6) is 0 Å². The highest BCUT2D eigenvalue weighted by Gasteiger charge is 2.34. The number of alkyl halides is 1. The molecule has 2 saturated heterocycles. The first-order chi connectivity index (χ1) is 6.27. The number of likely N-dealkylation sites (tertiary alicyclic amines) is 1. The van der Waals surface area contributed by atoms with Gasteiger partial charge in [0, 0.05) is 19.1 Å². The SMILES string of the molecule is O=C(C1CCOCC1)N1CC(F)C1. The molecule has 0 spiro atoms. The van der Waals surface area contributed by atoms with E-state index in [-0.39, 0.29) is 11.8 Å². The maximum atomic E-state index is 12.5. The van der Waals surface area contributed by atoms with Crippen LogP contribution in [0.25, 0.3) is 0 Å². The minimum atomic E-state index is -0.788. The Kier molecular flexibility index (Phi) is 2.49. The van der Waals surface area contributed by atoms with Gasteiger partial charge in [-0.05, 0) is 12.8 Å². The van der Waals surface area contributed by atoms with Crippen LogP contribution in [-0.2, 0) is 9.53 Å². The van der Waals surface area contributed by atoms with Gasteiger partial charge in [-0.1, -0.05) is 0 Å². The molecule has 0 aromatic heterocycles. The summed E-state index contributed by atoms with van der Waals surface area (Å²) in [5, 5.41) is 0. The smallest absolute Gasteiger partial charge is 0.226 e. The highest BCUT2D eigenvalue weighted by atomic mass is 19.1. The summed E-state index contributed by atoms with van der Waals surface area (Å²) in [6.07, 6.45) is 0.808. The second kappa shape index (κ2) is 3.62. The number of amides is 1. The van der Waals surface area contributed by atoms with E-state index in [9.17, 15) is 9.18 Å². The van der Waals surface area contributed by atoms with Gasteiger partial charge >= 0.3 is 0 Å². The molecule has 0 bridgehead atoms. The van der Waals surface area contributed by atoms with E-state index in [1.54, 1.807) is 4.90 Å². The van der Waals surface area contributed by atoms with E-state index in [1.165, 1.54) is 0 Å². The molecule has 0 unspecified atom stereocenters. The molecular weight excluding hydrogens is 173 g/mol. The summed E-state index contributed by atoms with van der Waals surface area (Å²) in [7, 11) is 0. The van der Waals surface area contributed by atoms with E-state index in [4.69, 9.17) is 4.74 Å². The monoisotopic (exact) mass is 187 g/mol. The zero-order valence-corrected chi connectivity index (χ0v) is 7.54. The predicted octanol–water partition coefficient (Wildman–Crippen LogP) is 0.593. The van der Waals surface area contributed by atoms with Crippen LogP contribution in [0, 0.1) is 5.92 Å². The van der Waals surface area contributed by atoms with Crippen molar-refractivity contribution < 1.29 is 13.9 Å². The summed E-state index contributed by atoms with van der Waals surface area (Å²) in [6, 6.07) is 0. The Morgan fingerprint density at radius 1 is 1.31 bits per heavy atom. The predicted molar refractivity (Wildman–Crippen MR) is 45.0 cm³/mol. The van der Waals surface area contributed by atoms with Gasteiger partial charge in [-0.2, -0.15) is 0 Å². The molecule has 0 aromatic carbocycles. The molecule has 13 heavy (non-hydrogen) atoms. The van der Waals surface area contributed by atoms with Gasteiger partial charge in [-0.15, -0.1) is 0 Å². The van der Waals surface area contributed by atoms with Gasteiger partial charge in [0.05, 0.1) is 13.1 Å². The van der Waals surface area contributed by atoms with Gasteiger partial charge in [-0.3, -0.25) is 4.79 Å². The number of halogens is 1. The third kappa shape index (κ3) is 1.82. The van der Waals surface area contributed by atoms with Crippen LogP contribution in [0.3, 0.4) is 0 Å². The minimum Gasteiger partial charge on any atom is -0.381 e. The lowest BCUT2D eigenvalue weighted by molar-refractivity contribution is -0.145. The largest absolute Gasteiger partial charge is 0.381 e. The van der Waals surface area contributed by atoms with Gasteiger partial charge in [0.1, 0.15) is 6.17 Å². The Hall–Kier alpha value is -0.640. The summed E-state index contributed by atoms with van der Waals surface area (Å²) in [5.41, 5.74) is 0. The molecule has 2 heterocycles. The molecule has 1 amide bonds. The quantitative estimate of drug-likeness (QED) is 0.601. The van der Waals surface area contributed by atoms with E-state index in [0.717, 1.165) is 12.8 Å². The van der Waals surface area contributed by atoms with E-state index in [2.05, 4.69) is 0 Å². The van der Waals surface area contributed by atoms with Gasteiger partial charge in [-0.25, -0.2) is 4.39 Å².